The summed E-state index contributed by atoms with van der Waals surface area (Å²) in [5.74, 6) is -2.80. The van der Waals surface area contributed by atoms with Crippen LogP contribution in [0.2, 0.25) is 5.02 Å². The van der Waals surface area contributed by atoms with Crippen molar-refractivity contribution in [2.24, 2.45) is 0 Å². The molecular weight excluding hydrogens is 456 g/mol. The molecule has 4 fully saturated rings. The minimum Gasteiger partial charge on any atom is -0.349 e. The van der Waals surface area contributed by atoms with Gasteiger partial charge in [0.1, 0.15) is 12.4 Å². The Bertz CT molecular complexity index is 1050. The van der Waals surface area contributed by atoms with Crippen LogP contribution in [0, 0.1) is 5.82 Å². The Labute approximate surface area is 185 Å². The van der Waals surface area contributed by atoms with Crippen molar-refractivity contribution in [2.75, 3.05) is 6.61 Å². The first kappa shape index (κ1) is 21.6. The molecule has 7 nitrogen and oxygen atoms in total. The van der Waals surface area contributed by atoms with Gasteiger partial charge in [-0.2, -0.15) is 15.0 Å². The molecule has 6 rings (SSSR count). The van der Waals surface area contributed by atoms with Crippen LogP contribution in [0.1, 0.15) is 44.2 Å². The van der Waals surface area contributed by atoms with Crippen LogP contribution in [0.15, 0.2) is 24.4 Å². The highest BCUT2D eigenvalue weighted by molar-refractivity contribution is 6.30. The molecule has 12 heteroatoms. The van der Waals surface area contributed by atoms with Gasteiger partial charge in [-0.1, -0.05) is 11.6 Å². The first-order valence-electron chi connectivity index (χ1n) is 10.1. The average Bonchev–Trinajstić information content (AvgIpc) is 3.10. The monoisotopic (exact) mass is 474 g/mol. The third kappa shape index (κ3) is 3.75. The van der Waals surface area contributed by atoms with Crippen LogP contribution in [-0.2, 0) is 19.7 Å². The highest BCUT2D eigenvalue weighted by Crippen LogP contribution is 2.67. The molecule has 0 atom stereocenters. The maximum absolute atomic E-state index is 13.7. The number of hydrogen-bond acceptors (Lipinski definition) is 5. The summed E-state index contributed by atoms with van der Waals surface area (Å²) >= 11 is 5.70. The van der Waals surface area contributed by atoms with Crippen LogP contribution >= 0.6 is 11.6 Å². The number of halogens is 5. The van der Waals surface area contributed by atoms with Crippen LogP contribution in [0.3, 0.4) is 0 Å². The van der Waals surface area contributed by atoms with Gasteiger partial charge >= 0.3 is 6.36 Å². The third-order valence-electron chi connectivity index (χ3n) is 6.49. The Morgan fingerprint density at radius 2 is 1.97 bits per heavy atom. The standard InChI is InChI=1S/C20H19ClF4N4O3/c21-13-3-2-12(6-14(13)22)29-26-7-15(28-29)17-9-18(10-17,11-17)27-16(30)8-31-19(4-1-5-19)32-20(23,24)25/h2-3,6-7H,1,4-5,8-11H2,(H,27,30). The summed E-state index contributed by atoms with van der Waals surface area (Å²) in [5, 5.41) is 11.5. The molecule has 32 heavy (non-hydrogen) atoms. The summed E-state index contributed by atoms with van der Waals surface area (Å²) in [6, 6.07) is 4.28. The van der Waals surface area contributed by atoms with Gasteiger partial charge in [-0.3, -0.25) is 9.53 Å². The topological polar surface area (TPSA) is 78.3 Å². The van der Waals surface area contributed by atoms with Gasteiger partial charge in [0.2, 0.25) is 5.91 Å². The van der Waals surface area contributed by atoms with E-state index in [0.29, 0.717) is 31.4 Å². The number of amides is 1. The fourth-order valence-electron chi connectivity index (χ4n) is 4.91. The smallest absolute Gasteiger partial charge is 0.349 e. The van der Waals surface area contributed by atoms with Crippen molar-refractivity contribution in [3.8, 4) is 5.69 Å². The number of alkyl halides is 3. The summed E-state index contributed by atoms with van der Waals surface area (Å²) < 4.78 is 60.6. The van der Waals surface area contributed by atoms with Crippen molar-refractivity contribution in [1.29, 1.82) is 0 Å². The highest BCUT2D eigenvalue weighted by Gasteiger charge is 2.70. The van der Waals surface area contributed by atoms with Gasteiger partial charge in [0.05, 0.1) is 22.6 Å². The number of nitrogens with one attached hydrogen (secondary N) is 1. The Morgan fingerprint density at radius 3 is 2.56 bits per heavy atom. The Hall–Kier alpha value is -2.24. The van der Waals surface area contributed by atoms with E-state index >= 15 is 0 Å². The summed E-state index contributed by atoms with van der Waals surface area (Å²) in [6.45, 7) is -0.497. The van der Waals surface area contributed by atoms with Crippen molar-refractivity contribution in [2.45, 2.75) is 61.6 Å². The van der Waals surface area contributed by atoms with Gasteiger partial charge < -0.3 is 10.1 Å². The highest BCUT2D eigenvalue weighted by atomic mass is 35.5. The molecule has 0 saturated heterocycles. The zero-order valence-electron chi connectivity index (χ0n) is 16.7. The molecular formula is C20H19ClF4N4O3. The normalized spacial score (nSPS) is 27.8. The summed E-state index contributed by atoms with van der Waals surface area (Å²) in [5.41, 5.74) is 0.559. The van der Waals surface area contributed by atoms with E-state index < -0.39 is 36.0 Å². The number of ether oxygens (including phenoxy) is 2. The minimum absolute atomic E-state index is 0.00964. The number of aromatic nitrogens is 3. The summed E-state index contributed by atoms with van der Waals surface area (Å²) in [7, 11) is 0. The van der Waals surface area contributed by atoms with Crippen LogP contribution in [-0.4, -0.2) is 45.2 Å². The largest absolute Gasteiger partial charge is 0.524 e. The molecule has 4 saturated carbocycles. The number of benzene rings is 1. The Kier molecular flexibility index (Phi) is 4.81. The first-order valence-corrected chi connectivity index (χ1v) is 10.5. The maximum atomic E-state index is 13.7. The second kappa shape index (κ2) is 7.13. The van der Waals surface area contributed by atoms with Crippen molar-refractivity contribution in [1.82, 2.24) is 20.3 Å². The molecule has 2 bridgehead atoms. The number of hydrogen-bond donors (Lipinski definition) is 1. The molecule has 172 valence electrons. The van der Waals surface area contributed by atoms with Gasteiger partial charge in [0.15, 0.2) is 5.79 Å². The lowest BCUT2D eigenvalue weighted by Crippen LogP contribution is -2.77. The van der Waals surface area contributed by atoms with Crippen LogP contribution in [0.25, 0.3) is 5.69 Å². The lowest BCUT2D eigenvalue weighted by Gasteiger charge is -2.69. The molecule has 2 aromatic rings. The van der Waals surface area contributed by atoms with E-state index in [4.69, 9.17) is 16.3 Å². The maximum Gasteiger partial charge on any atom is 0.524 e. The van der Waals surface area contributed by atoms with Crippen molar-refractivity contribution < 1.29 is 31.8 Å². The fourth-order valence-corrected chi connectivity index (χ4v) is 5.03. The lowest BCUT2D eigenvalue weighted by molar-refractivity contribution is -0.432. The van der Waals surface area contributed by atoms with Crippen LogP contribution in [0.5, 0.6) is 0 Å². The summed E-state index contributed by atoms with van der Waals surface area (Å²) in [4.78, 5) is 13.6. The number of nitrogens with zero attached hydrogens (tertiary/aromatic N) is 3. The molecule has 0 unspecified atom stereocenters. The Morgan fingerprint density at radius 1 is 1.25 bits per heavy atom. The fraction of sp³-hybridized carbons (Fsp3) is 0.550. The Balaban J connectivity index is 1.15. The van der Waals surface area contributed by atoms with Crippen molar-refractivity contribution in [3.05, 3.63) is 40.9 Å². The molecule has 4 aliphatic rings. The summed E-state index contributed by atoms with van der Waals surface area (Å²) in [6.07, 6.45) is -0.519. The molecule has 4 aliphatic carbocycles. The van der Waals surface area contributed by atoms with E-state index in [1.807, 2.05) is 0 Å². The number of rotatable bonds is 7. The van der Waals surface area contributed by atoms with Gasteiger partial charge in [0.25, 0.3) is 0 Å². The zero-order valence-corrected chi connectivity index (χ0v) is 17.5. The number of carbonyl (C=O) groups excluding carboxylic acids is 1. The van der Waals surface area contributed by atoms with Crippen LogP contribution in [0.4, 0.5) is 17.6 Å². The van der Waals surface area contributed by atoms with Crippen molar-refractivity contribution in [3.63, 3.8) is 0 Å². The predicted octanol–water partition coefficient (Wildman–Crippen LogP) is 3.78. The van der Waals surface area contributed by atoms with Crippen molar-refractivity contribution >= 4 is 17.5 Å². The third-order valence-corrected chi connectivity index (χ3v) is 6.79. The lowest BCUT2D eigenvalue weighted by atomic mass is 9.38. The van der Waals surface area contributed by atoms with E-state index in [1.165, 1.54) is 16.9 Å². The quantitative estimate of drug-likeness (QED) is 0.488. The second-order valence-electron chi connectivity index (χ2n) is 8.86. The van der Waals surface area contributed by atoms with Crippen LogP contribution < -0.4 is 5.32 Å². The second-order valence-corrected chi connectivity index (χ2v) is 9.26. The van der Waals surface area contributed by atoms with E-state index in [9.17, 15) is 22.4 Å². The van der Waals surface area contributed by atoms with E-state index in [-0.39, 0.29) is 23.3 Å². The van der Waals surface area contributed by atoms with E-state index in [0.717, 1.165) is 5.69 Å². The van der Waals surface area contributed by atoms with Gasteiger partial charge in [-0.15, -0.1) is 13.2 Å². The first-order chi connectivity index (χ1) is 15.0. The average molecular weight is 475 g/mol. The number of carbonyl (C=O) groups is 1. The SMILES string of the molecule is O=C(COC1(OC(F)(F)F)CCC1)NC12CC(c3cnn(-c4ccc(Cl)c(F)c4)n3)(C1)C2. The molecule has 1 heterocycles. The predicted molar refractivity (Wildman–Crippen MR) is 102 cm³/mol. The molecule has 1 N–H and O–H groups in total. The molecule has 0 spiro atoms. The van der Waals surface area contributed by atoms with Gasteiger partial charge in [-0.25, -0.2) is 4.39 Å². The van der Waals surface area contributed by atoms with Gasteiger partial charge in [-0.05, 0) is 37.8 Å². The molecule has 0 radical (unpaired) electrons. The molecule has 0 aliphatic heterocycles. The zero-order chi connectivity index (χ0) is 22.8. The molecule has 1 amide bonds. The molecule has 1 aromatic heterocycles. The van der Waals surface area contributed by atoms with E-state index in [2.05, 4.69) is 20.3 Å². The van der Waals surface area contributed by atoms with E-state index in [1.54, 1.807) is 12.3 Å². The molecule has 1 aromatic carbocycles. The minimum atomic E-state index is -4.81. The van der Waals surface area contributed by atoms with Gasteiger partial charge in [0, 0.05) is 29.9 Å².